The Balaban J connectivity index is 1.16. The molecule has 0 radical (unpaired) electrons. The molecule has 3 unspecified atom stereocenters. The molecule has 2 saturated heterocycles. The van der Waals surface area contributed by atoms with Gasteiger partial charge in [-0.05, 0) is 38.1 Å². The second kappa shape index (κ2) is 14.3. The number of benzene rings is 3. The molecule has 2 heterocycles. The first-order chi connectivity index (χ1) is 26.0. The molecule has 4 aliphatic rings. The Bertz CT molecular complexity index is 2080. The van der Waals surface area contributed by atoms with Crippen LogP contribution < -0.4 is 15.1 Å². The molecule has 0 spiro atoms. The number of carbonyl (C=O) groups excluding carboxylic acids is 4. The molecule has 2 aliphatic heterocycles. The number of nitrogens with one attached hydrogen (secondary N) is 1. The number of ketones is 4. The standard InChI is InChI=1S/C38H38F3N3O11/c1-18-32(46)24(42-52)14-27(54-18)55-26-16-37(51,19(2)45)15-23-29(26)36(50)31-30(34(23)48)33(47)22-7-4-8-25(28(22)35(31)49)53-17-43-9-11-44(12-10-43)21-6-3-5-20(13-21)38(39,40)41/h3-8,13,18,24,26-27,42,48,50-52H,9-12,14-17H2,1-2H3/t18?,24?,26-,27?,37-/m0/s1. The highest BCUT2D eigenvalue weighted by Crippen LogP contribution is 2.52. The first-order valence-electron chi connectivity index (χ1n) is 17.6. The van der Waals surface area contributed by atoms with Gasteiger partial charge in [-0.1, -0.05) is 18.2 Å². The van der Waals surface area contributed by atoms with E-state index in [1.807, 2.05) is 15.3 Å². The minimum Gasteiger partial charge on any atom is -0.507 e. The van der Waals surface area contributed by atoms with Gasteiger partial charge in [-0.3, -0.25) is 24.1 Å². The van der Waals surface area contributed by atoms with Gasteiger partial charge in [0.15, 0.2) is 23.6 Å². The second-order valence-electron chi connectivity index (χ2n) is 14.2. The van der Waals surface area contributed by atoms with Crippen LogP contribution in [0.2, 0.25) is 0 Å². The molecule has 0 bridgehead atoms. The van der Waals surface area contributed by atoms with Gasteiger partial charge in [-0.2, -0.15) is 18.7 Å². The predicted molar refractivity (Wildman–Crippen MR) is 184 cm³/mol. The number of hydrogen-bond donors (Lipinski definition) is 5. The number of Topliss-reactive ketones (excluding diaryl/α,β-unsaturated/α-hetero) is 2. The number of anilines is 1. The van der Waals surface area contributed by atoms with Crippen molar-refractivity contribution in [1.29, 1.82) is 0 Å². The lowest BCUT2D eigenvalue weighted by Gasteiger charge is -2.41. The number of hydroxylamine groups is 1. The SMILES string of the molecule is CC(=O)[C@]1(O)Cc2c(O)c3c(c(O)c2[C@@H](OC2CC(NO)C(=O)C(C)O2)C1)C(=O)c1c(OCN2CCN(c4cccc(C(F)(F)F)c4)CC2)cccc1C3=O. The summed E-state index contributed by atoms with van der Waals surface area (Å²) < 4.78 is 57.6. The smallest absolute Gasteiger partial charge is 0.416 e. The van der Waals surface area contributed by atoms with Crippen LogP contribution in [0.1, 0.15) is 81.3 Å². The molecule has 0 saturated carbocycles. The number of hydrogen-bond acceptors (Lipinski definition) is 14. The number of nitrogens with zero attached hydrogens (tertiary/aromatic N) is 2. The average Bonchev–Trinajstić information content (AvgIpc) is 3.15. The number of phenols is 2. The number of carbonyl (C=O) groups is 4. The monoisotopic (exact) mass is 769 g/mol. The van der Waals surface area contributed by atoms with Crippen molar-refractivity contribution >= 4 is 28.8 Å². The van der Waals surface area contributed by atoms with E-state index in [0.29, 0.717) is 31.9 Å². The maximum Gasteiger partial charge on any atom is 0.416 e. The number of halogens is 3. The number of rotatable bonds is 8. The normalized spacial score (nSPS) is 25.7. The van der Waals surface area contributed by atoms with Crippen molar-refractivity contribution < 1.29 is 67.1 Å². The van der Waals surface area contributed by atoms with Gasteiger partial charge in [0.25, 0.3) is 0 Å². The molecule has 3 aromatic carbocycles. The lowest BCUT2D eigenvalue weighted by atomic mass is 9.72. The lowest BCUT2D eigenvalue weighted by Crippen LogP contribution is -2.51. The van der Waals surface area contributed by atoms with E-state index in [4.69, 9.17) is 14.2 Å². The Morgan fingerprint density at radius 2 is 1.69 bits per heavy atom. The van der Waals surface area contributed by atoms with Crippen LogP contribution in [0, 0.1) is 0 Å². The number of aliphatic hydroxyl groups is 1. The van der Waals surface area contributed by atoms with Crippen molar-refractivity contribution in [2.24, 2.45) is 0 Å². The number of ether oxygens (including phenoxy) is 3. The van der Waals surface area contributed by atoms with Crippen molar-refractivity contribution in [3.05, 3.63) is 81.4 Å². The zero-order chi connectivity index (χ0) is 39.6. The van der Waals surface area contributed by atoms with Gasteiger partial charge in [-0.15, -0.1) is 0 Å². The van der Waals surface area contributed by atoms with E-state index in [2.05, 4.69) is 0 Å². The summed E-state index contributed by atoms with van der Waals surface area (Å²) >= 11 is 0. The quantitative estimate of drug-likeness (QED) is 0.129. The van der Waals surface area contributed by atoms with Gasteiger partial charge in [-0.25, -0.2) is 0 Å². The molecule has 292 valence electrons. The van der Waals surface area contributed by atoms with Crippen LogP contribution in [0.15, 0.2) is 42.5 Å². The summed E-state index contributed by atoms with van der Waals surface area (Å²) in [6, 6.07) is 8.30. The minimum atomic E-state index is -4.47. The van der Waals surface area contributed by atoms with E-state index in [0.717, 1.165) is 19.1 Å². The van der Waals surface area contributed by atoms with Gasteiger partial charge in [0.05, 0.1) is 34.4 Å². The van der Waals surface area contributed by atoms with E-state index in [1.165, 1.54) is 31.2 Å². The molecule has 17 heteroatoms. The molecule has 2 aliphatic carbocycles. The second-order valence-corrected chi connectivity index (χ2v) is 14.2. The molecule has 5 N–H and O–H groups in total. The van der Waals surface area contributed by atoms with E-state index in [9.17, 15) is 52.9 Å². The fourth-order valence-corrected chi connectivity index (χ4v) is 7.76. The van der Waals surface area contributed by atoms with E-state index >= 15 is 0 Å². The van der Waals surface area contributed by atoms with Crippen molar-refractivity contribution in [2.75, 3.05) is 37.8 Å². The number of phenolic OH excluding ortho intramolecular Hbond substituents is 2. The average molecular weight is 770 g/mol. The van der Waals surface area contributed by atoms with Crippen molar-refractivity contribution in [3.63, 3.8) is 0 Å². The van der Waals surface area contributed by atoms with Crippen molar-refractivity contribution in [1.82, 2.24) is 10.4 Å². The summed E-state index contributed by atoms with van der Waals surface area (Å²) in [5, 5.41) is 44.4. The summed E-state index contributed by atoms with van der Waals surface area (Å²) in [5.41, 5.74) is -2.25. The molecule has 0 amide bonds. The molecule has 0 aromatic heterocycles. The molecule has 3 aromatic rings. The van der Waals surface area contributed by atoms with Crippen LogP contribution in [0.3, 0.4) is 0 Å². The molecule has 5 atom stereocenters. The molecule has 55 heavy (non-hydrogen) atoms. The molecule has 2 fully saturated rings. The van der Waals surface area contributed by atoms with Gasteiger partial charge < -0.3 is 39.6 Å². The minimum absolute atomic E-state index is 0.00831. The first-order valence-corrected chi connectivity index (χ1v) is 17.6. The lowest BCUT2D eigenvalue weighted by molar-refractivity contribution is -0.226. The third kappa shape index (κ3) is 6.85. The van der Waals surface area contributed by atoms with Crippen LogP contribution >= 0.6 is 0 Å². The number of piperazine rings is 1. The molecular formula is C38H38F3N3O11. The number of aromatic hydroxyl groups is 2. The van der Waals surface area contributed by atoms with Crippen LogP contribution in [0.5, 0.6) is 17.2 Å². The van der Waals surface area contributed by atoms with E-state index in [-0.39, 0.29) is 41.2 Å². The summed E-state index contributed by atoms with van der Waals surface area (Å²) in [7, 11) is 0. The first kappa shape index (κ1) is 38.4. The zero-order valence-corrected chi connectivity index (χ0v) is 29.7. The Morgan fingerprint density at radius 3 is 2.36 bits per heavy atom. The van der Waals surface area contributed by atoms with Gasteiger partial charge in [0.1, 0.15) is 35.7 Å². The Morgan fingerprint density at radius 1 is 1.00 bits per heavy atom. The van der Waals surface area contributed by atoms with Gasteiger partial charge in [0, 0.05) is 67.8 Å². The summed E-state index contributed by atoms with van der Waals surface area (Å²) in [5.74, 6) is -4.28. The Hall–Kier alpha value is -4.91. The maximum atomic E-state index is 14.3. The number of alkyl halides is 3. The van der Waals surface area contributed by atoms with Crippen LogP contribution in [0.4, 0.5) is 18.9 Å². The fraction of sp³-hybridized carbons (Fsp3) is 0.421. The van der Waals surface area contributed by atoms with Crippen LogP contribution in [-0.4, -0.2) is 106 Å². The largest absolute Gasteiger partial charge is 0.507 e. The molecule has 7 rings (SSSR count). The highest BCUT2D eigenvalue weighted by Gasteiger charge is 2.49. The molecular weight excluding hydrogens is 731 g/mol. The zero-order valence-electron chi connectivity index (χ0n) is 29.7. The van der Waals surface area contributed by atoms with E-state index in [1.54, 1.807) is 6.07 Å². The third-order valence-electron chi connectivity index (χ3n) is 10.8. The van der Waals surface area contributed by atoms with Crippen molar-refractivity contribution in [2.45, 2.75) is 69.4 Å². The third-order valence-corrected chi connectivity index (χ3v) is 10.8. The van der Waals surface area contributed by atoms with Crippen molar-refractivity contribution in [3.8, 4) is 17.2 Å². The Labute approximate surface area is 312 Å². The summed E-state index contributed by atoms with van der Waals surface area (Å²) in [6.07, 6.45) is -9.29. The molecule has 14 nitrogen and oxygen atoms in total. The maximum absolute atomic E-state index is 14.3. The van der Waals surface area contributed by atoms with Crippen LogP contribution in [0.25, 0.3) is 0 Å². The summed E-state index contributed by atoms with van der Waals surface area (Å²) in [4.78, 5) is 57.2. The Kier molecular flexibility index (Phi) is 9.98. The van der Waals surface area contributed by atoms with Gasteiger partial charge >= 0.3 is 6.18 Å². The fourth-order valence-electron chi connectivity index (χ4n) is 7.76. The highest BCUT2D eigenvalue weighted by molar-refractivity contribution is 6.31. The van der Waals surface area contributed by atoms with E-state index < -0.39 is 100 Å². The predicted octanol–water partition coefficient (Wildman–Crippen LogP) is 3.43. The topological polar surface area (TPSA) is 195 Å². The van der Waals surface area contributed by atoms with Crippen LogP contribution in [-0.2, 0) is 31.7 Å². The summed E-state index contributed by atoms with van der Waals surface area (Å²) in [6.45, 7) is 4.11. The number of fused-ring (bicyclic) bond motifs is 3. The highest BCUT2D eigenvalue weighted by atomic mass is 19.4. The van der Waals surface area contributed by atoms with Gasteiger partial charge in [0.2, 0.25) is 5.78 Å².